The Morgan fingerprint density at radius 2 is 1.90 bits per heavy atom. The van der Waals surface area contributed by atoms with Gasteiger partial charge in [-0.15, -0.1) is 10.2 Å². The summed E-state index contributed by atoms with van der Waals surface area (Å²) in [7, 11) is 0. The third-order valence-corrected chi connectivity index (χ3v) is 3.27. The summed E-state index contributed by atoms with van der Waals surface area (Å²) >= 11 is 0. The lowest BCUT2D eigenvalue weighted by Crippen LogP contribution is -2.21. The van der Waals surface area contributed by atoms with Crippen LogP contribution in [0.15, 0.2) is 12.1 Å². The number of halogens is 3. The fourth-order valence-electron chi connectivity index (χ4n) is 2.21. The highest BCUT2D eigenvalue weighted by Crippen LogP contribution is 2.27. The lowest BCUT2D eigenvalue weighted by atomic mass is 9.98. The molecule has 0 bridgehead atoms. The van der Waals surface area contributed by atoms with E-state index in [0.717, 1.165) is 18.9 Å². The Hall–Kier alpha value is -1.37. The summed E-state index contributed by atoms with van der Waals surface area (Å²) in [4.78, 5) is 0. The van der Waals surface area contributed by atoms with Gasteiger partial charge in [0.15, 0.2) is 5.69 Å². The second kappa shape index (κ2) is 6.88. The van der Waals surface area contributed by atoms with E-state index in [1.165, 1.54) is 25.3 Å². The molecular formula is C13H18F3N3O. The number of hydrogen-bond donors (Lipinski definition) is 1. The fraction of sp³-hybridized carbons (Fsp3) is 0.692. The number of nitrogens with zero attached hydrogens (tertiary/aromatic N) is 2. The van der Waals surface area contributed by atoms with Crippen LogP contribution in [0, 0.1) is 0 Å². The van der Waals surface area contributed by atoms with Gasteiger partial charge in [0, 0.05) is 6.54 Å². The van der Waals surface area contributed by atoms with E-state index < -0.39 is 11.9 Å². The quantitative estimate of drug-likeness (QED) is 0.845. The number of hydrogen-bond acceptors (Lipinski definition) is 4. The number of aromatic nitrogens is 2. The normalized spacial score (nSPS) is 17.1. The van der Waals surface area contributed by atoms with Gasteiger partial charge < -0.3 is 10.1 Å². The van der Waals surface area contributed by atoms with E-state index in [4.69, 9.17) is 4.74 Å². The molecule has 1 fully saturated rings. The van der Waals surface area contributed by atoms with Crippen LogP contribution in [0.25, 0.3) is 0 Å². The van der Waals surface area contributed by atoms with Crippen molar-refractivity contribution in [1.82, 2.24) is 10.2 Å². The monoisotopic (exact) mass is 289 g/mol. The van der Waals surface area contributed by atoms with Crippen LogP contribution >= 0.6 is 0 Å². The molecule has 1 heterocycles. The number of rotatable bonds is 5. The van der Waals surface area contributed by atoms with E-state index in [-0.39, 0.29) is 0 Å². The molecule has 1 N–H and O–H groups in total. The second-order valence-electron chi connectivity index (χ2n) is 4.86. The first-order valence-electron chi connectivity index (χ1n) is 6.82. The van der Waals surface area contributed by atoms with Crippen molar-refractivity contribution >= 4 is 5.82 Å². The van der Waals surface area contributed by atoms with Crippen molar-refractivity contribution in [2.24, 2.45) is 0 Å². The van der Waals surface area contributed by atoms with Crippen LogP contribution in [0.3, 0.4) is 0 Å². The second-order valence-corrected chi connectivity index (χ2v) is 4.86. The molecule has 1 saturated carbocycles. The summed E-state index contributed by atoms with van der Waals surface area (Å²) in [6.07, 6.45) is 1.77. The molecule has 1 aromatic heterocycles. The Balaban J connectivity index is 1.68. The number of ether oxygens (including phenoxy) is 1. The Morgan fingerprint density at radius 1 is 1.15 bits per heavy atom. The Bertz CT molecular complexity index is 402. The average Bonchev–Trinajstić information content (AvgIpc) is 2.44. The Labute approximate surface area is 115 Å². The highest BCUT2D eigenvalue weighted by Gasteiger charge is 2.32. The minimum atomic E-state index is -4.45. The number of anilines is 1. The van der Waals surface area contributed by atoms with E-state index in [2.05, 4.69) is 15.5 Å². The fourth-order valence-corrected chi connectivity index (χ4v) is 2.21. The Kier molecular flexibility index (Phi) is 5.17. The zero-order chi connectivity index (χ0) is 14.4. The summed E-state index contributed by atoms with van der Waals surface area (Å²) in [5.41, 5.74) is -0.985. The molecule has 4 nitrogen and oxygen atoms in total. The summed E-state index contributed by atoms with van der Waals surface area (Å²) < 4.78 is 42.6. The van der Waals surface area contributed by atoms with Gasteiger partial charge in [0.1, 0.15) is 5.82 Å². The molecule has 1 aliphatic rings. The molecular weight excluding hydrogens is 271 g/mol. The maximum Gasteiger partial charge on any atom is 0.435 e. The van der Waals surface area contributed by atoms with E-state index >= 15 is 0 Å². The summed E-state index contributed by atoms with van der Waals surface area (Å²) in [6, 6.07) is 2.19. The molecule has 7 heteroatoms. The first kappa shape index (κ1) is 15.0. The molecule has 0 aliphatic heterocycles. The molecule has 1 aromatic rings. The summed E-state index contributed by atoms with van der Waals surface area (Å²) in [5.74, 6) is 0.324. The van der Waals surface area contributed by atoms with Crippen LogP contribution in [0.4, 0.5) is 19.0 Å². The van der Waals surface area contributed by atoms with Crippen molar-refractivity contribution in [2.45, 2.75) is 44.4 Å². The minimum absolute atomic E-state index is 0.323. The van der Waals surface area contributed by atoms with Crippen LogP contribution in [-0.2, 0) is 10.9 Å². The van der Waals surface area contributed by atoms with Crippen LogP contribution in [0.1, 0.15) is 37.8 Å². The van der Waals surface area contributed by atoms with E-state index in [1.54, 1.807) is 0 Å². The van der Waals surface area contributed by atoms with Crippen molar-refractivity contribution in [3.63, 3.8) is 0 Å². The average molecular weight is 289 g/mol. The van der Waals surface area contributed by atoms with E-state index in [1.807, 2.05) is 0 Å². The molecule has 0 amide bonds. The van der Waals surface area contributed by atoms with Gasteiger partial charge in [-0.1, -0.05) is 19.3 Å². The van der Waals surface area contributed by atoms with Crippen molar-refractivity contribution in [3.8, 4) is 0 Å². The first-order chi connectivity index (χ1) is 9.55. The zero-order valence-corrected chi connectivity index (χ0v) is 11.1. The van der Waals surface area contributed by atoms with Crippen molar-refractivity contribution in [1.29, 1.82) is 0 Å². The van der Waals surface area contributed by atoms with Gasteiger partial charge >= 0.3 is 6.18 Å². The van der Waals surface area contributed by atoms with Crippen molar-refractivity contribution < 1.29 is 17.9 Å². The molecule has 0 spiro atoms. The lowest BCUT2D eigenvalue weighted by molar-refractivity contribution is -0.141. The highest BCUT2D eigenvalue weighted by molar-refractivity contribution is 5.33. The molecule has 2 rings (SSSR count). The minimum Gasteiger partial charge on any atom is -0.376 e. The molecule has 0 aromatic carbocycles. The van der Waals surface area contributed by atoms with Gasteiger partial charge in [-0.05, 0) is 25.0 Å². The van der Waals surface area contributed by atoms with Crippen LogP contribution in [0.5, 0.6) is 0 Å². The maximum absolute atomic E-state index is 12.3. The van der Waals surface area contributed by atoms with Crippen molar-refractivity contribution in [2.75, 3.05) is 18.5 Å². The third-order valence-electron chi connectivity index (χ3n) is 3.27. The van der Waals surface area contributed by atoms with Crippen LogP contribution < -0.4 is 5.32 Å². The van der Waals surface area contributed by atoms with E-state index in [0.29, 0.717) is 25.1 Å². The molecule has 20 heavy (non-hydrogen) atoms. The molecule has 112 valence electrons. The summed E-state index contributed by atoms with van der Waals surface area (Å²) in [6.45, 7) is 1.03. The smallest absolute Gasteiger partial charge is 0.376 e. The molecule has 0 radical (unpaired) electrons. The van der Waals surface area contributed by atoms with Crippen LogP contribution in [-0.4, -0.2) is 29.5 Å². The van der Waals surface area contributed by atoms with Gasteiger partial charge in [-0.3, -0.25) is 0 Å². The van der Waals surface area contributed by atoms with Crippen molar-refractivity contribution in [3.05, 3.63) is 17.8 Å². The highest BCUT2D eigenvalue weighted by atomic mass is 19.4. The van der Waals surface area contributed by atoms with E-state index in [9.17, 15) is 13.2 Å². The predicted octanol–water partition coefficient (Wildman–Crippen LogP) is 3.26. The topological polar surface area (TPSA) is 47.0 Å². The molecule has 1 aliphatic carbocycles. The molecule has 0 unspecified atom stereocenters. The largest absolute Gasteiger partial charge is 0.435 e. The predicted molar refractivity (Wildman–Crippen MR) is 68.3 cm³/mol. The van der Waals surface area contributed by atoms with Gasteiger partial charge in [-0.2, -0.15) is 13.2 Å². The Morgan fingerprint density at radius 3 is 2.50 bits per heavy atom. The summed E-state index contributed by atoms with van der Waals surface area (Å²) in [5, 5.41) is 9.53. The first-order valence-corrected chi connectivity index (χ1v) is 6.82. The van der Waals surface area contributed by atoms with Gasteiger partial charge in [0.05, 0.1) is 12.7 Å². The molecule has 0 saturated heterocycles. The zero-order valence-electron chi connectivity index (χ0n) is 11.1. The van der Waals surface area contributed by atoms with Gasteiger partial charge in [-0.25, -0.2) is 0 Å². The maximum atomic E-state index is 12.3. The van der Waals surface area contributed by atoms with Crippen LogP contribution in [0.2, 0.25) is 0 Å². The third kappa shape index (κ3) is 4.63. The van der Waals surface area contributed by atoms with Gasteiger partial charge in [0.2, 0.25) is 0 Å². The number of nitrogens with one attached hydrogen (secondary N) is 1. The molecule has 0 atom stereocenters. The lowest BCUT2D eigenvalue weighted by Gasteiger charge is -2.22. The van der Waals surface area contributed by atoms with Gasteiger partial charge in [0.25, 0.3) is 0 Å². The standard InChI is InChI=1S/C13H18F3N3O/c14-13(15,16)11-6-7-12(19-18-11)17-8-9-20-10-4-2-1-3-5-10/h6-7,10H,1-5,8-9H2,(H,17,19). The number of alkyl halides is 3. The SMILES string of the molecule is FC(F)(F)c1ccc(NCCOC2CCCCC2)nn1.